The van der Waals surface area contributed by atoms with Crippen LogP contribution in [0.25, 0.3) is 0 Å². The molecule has 1 heterocycles. The topological polar surface area (TPSA) is 61.4 Å². The van der Waals surface area contributed by atoms with E-state index in [9.17, 15) is 9.59 Å². The number of nitrogens with one attached hydrogen (secondary N) is 2. The molecular formula is C14H17Cl2N3O2. The van der Waals surface area contributed by atoms with E-state index in [1.54, 1.807) is 23.1 Å². The van der Waals surface area contributed by atoms with Gasteiger partial charge in [-0.05, 0) is 19.1 Å². The molecule has 21 heavy (non-hydrogen) atoms. The van der Waals surface area contributed by atoms with Crippen molar-refractivity contribution in [3.05, 3.63) is 33.8 Å². The summed E-state index contributed by atoms with van der Waals surface area (Å²) >= 11 is 12.1. The first-order valence-corrected chi connectivity index (χ1v) is 7.55. The van der Waals surface area contributed by atoms with Crippen LogP contribution in [-0.2, 0) is 4.79 Å². The zero-order valence-corrected chi connectivity index (χ0v) is 13.2. The van der Waals surface area contributed by atoms with Crippen LogP contribution in [0.4, 0.5) is 0 Å². The predicted octanol–water partition coefficient (Wildman–Crippen LogP) is 1.54. The van der Waals surface area contributed by atoms with Crippen molar-refractivity contribution in [2.45, 2.75) is 13.0 Å². The average Bonchev–Trinajstić information content (AvgIpc) is 2.49. The summed E-state index contributed by atoms with van der Waals surface area (Å²) in [6, 6.07) is 4.37. The van der Waals surface area contributed by atoms with Gasteiger partial charge in [0.05, 0.1) is 15.6 Å². The number of hydrogen-bond donors (Lipinski definition) is 2. The van der Waals surface area contributed by atoms with Gasteiger partial charge in [0.15, 0.2) is 0 Å². The molecule has 1 atom stereocenters. The summed E-state index contributed by atoms with van der Waals surface area (Å²) in [7, 11) is 0. The summed E-state index contributed by atoms with van der Waals surface area (Å²) in [4.78, 5) is 26.3. The molecule has 5 nitrogen and oxygen atoms in total. The molecule has 0 aliphatic carbocycles. The first kappa shape index (κ1) is 16.1. The largest absolute Gasteiger partial charge is 0.355 e. The summed E-state index contributed by atoms with van der Waals surface area (Å²) in [5.74, 6) is -0.448. The maximum Gasteiger partial charge on any atom is 0.256 e. The molecule has 2 N–H and O–H groups in total. The normalized spacial score (nSPS) is 18.4. The average molecular weight is 330 g/mol. The molecule has 1 saturated heterocycles. The Balaban J connectivity index is 2.26. The van der Waals surface area contributed by atoms with Gasteiger partial charge in [0.1, 0.15) is 6.04 Å². The molecule has 0 spiro atoms. The van der Waals surface area contributed by atoms with Crippen LogP contribution in [0.15, 0.2) is 18.2 Å². The van der Waals surface area contributed by atoms with E-state index in [4.69, 9.17) is 23.2 Å². The van der Waals surface area contributed by atoms with Crippen LogP contribution in [0.1, 0.15) is 17.3 Å². The Kier molecular flexibility index (Phi) is 5.45. The Morgan fingerprint density at radius 3 is 2.90 bits per heavy atom. The lowest BCUT2D eigenvalue weighted by molar-refractivity contribution is -0.126. The van der Waals surface area contributed by atoms with Gasteiger partial charge in [0, 0.05) is 26.2 Å². The van der Waals surface area contributed by atoms with E-state index in [0.717, 1.165) is 0 Å². The van der Waals surface area contributed by atoms with Gasteiger partial charge in [-0.25, -0.2) is 0 Å². The Labute approximate surface area is 133 Å². The quantitative estimate of drug-likeness (QED) is 0.884. The van der Waals surface area contributed by atoms with Crippen LogP contribution in [0, 0.1) is 0 Å². The van der Waals surface area contributed by atoms with Gasteiger partial charge in [-0.3, -0.25) is 9.59 Å². The third-order valence-corrected chi connectivity index (χ3v) is 4.16. The van der Waals surface area contributed by atoms with Crippen LogP contribution in [0.2, 0.25) is 10.0 Å². The highest BCUT2D eigenvalue weighted by atomic mass is 35.5. The number of amides is 2. The summed E-state index contributed by atoms with van der Waals surface area (Å²) in [6.45, 7) is 3.88. The standard InChI is InChI=1S/C14H17Cl2N3O2/c1-2-18-13(20)11-8-17-6-7-19(11)14(21)9-4-3-5-10(15)12(9)16/h3-5,11,17H,2,6-8H2,1H3,(H,18,20). The molecule has 0 saturated carbocycles. The summed E-state index contributed by atoms with van der Waals surface area (Å²) < 4.78 is 0. The van der Waals surface area contributed by atoms with Crippen LogP contribution in [0.5, 0.6) is 0 Å². The van der Waals surface area contributed by atoms with Crippen LogP contribution < -0.4 is 10.6 Å². The van der Waals surface area contributed by atoms with E-state index in [1.807, 2.05) is 6.92 Å². The number of benzene rings is 1. The van der Waals surface area contributed by atoms with Crippen LogP contribution >= 0.6 is 23.2 Å². The number of nitrogens with zero attached hydrogens (tertiary/aromatic N) is 1. The molecule has 1 fully saturated rings. The van der Waals surface area contributed by atoms with Gasteiger partial charge in [-0.15, -0.1) is 0 Å². The van der Waals surface area contributed by atoms with Gasteiger partial charge in [0.2, 0.25) is 5.91 Å². The second-order valence-corrected chi connectivity index (χ2v) is 5.50. The van der Waals surface area contributed by atoms with Crippen LogP contribution in [0.3, 0.4) is 0 Å². The van der Waals surface area contributed by atoms with Crippen molar-refractivity contribution in [1.82, 2.24) is 15.5 Å². The molecule has 0 radical (unpaired) electrons. The van der Waals surface area contributed by atoms with Crippen molar-refractivity contribution in [3.8, 4) is 0 Å². The van der Waals surface area contributed by atoms with Gasteiger partial charge >= 0.3 is 0 Å². The zero-order chi connectivity index (χ0) is 15.4. The fraction of sp³-hybridized carbons (Fsp3) is 0.429. The number of carbonyl (C=O) groups is 2. The van der Waals surface area contributed by atoms with E-state index >= 15 is 0 Å². The van der Waals surface area contributed by atoms with Crippen molar-refractivity contribution < 1.29 is 9.59 Å². The molecule has 2 rings (SSSR count). The minimum absolute atomic E-state index is 0.170. The minimum Gasteiger partial charge on any atom is -0.355 e. The molecule has 2 amide bonds. The highest BCUT2D eigenvalue weighted by molar-refractivity contribution is 6.43. The molecular weight excluding hydrogens is 313 g/mol. The van der Waals surface area contributed by atoms with E-state index in [0.29, 0.717) is 36.8 Å². The number of hydrogen-bond acceptors (Lipinski definition) is 3. The first-order chi connectivity index (χ1) is 10.1. The molecule has 1 aliphatic rings. The van der Waals surface area contributed by atoms with E-state index < -0.39 is 6.04 Å². The van der Waals surface area contributed by atoms with Gasteiger partial charge in [-0.2, -0.15) is 0 Å². The lowest BCUT2D eigenvalue weighted by Crippen LogP contribution is -2.59. The predicted molar refractivity (Wildman–Crippen MR) is 82.8 cm³/mol. The third-order valence-electron chi connectivity index (χ3n) is 3.34. The maximum atomic E-state index is 12.7. The Hall–Kier alpha value is -1.30. The van der Waals surface area contributed by atoms with Crippen molar-refractivity contribution in [3.63, 3.8) is 0 Å². The minimum atomic E-state index is -0.541. The number of likely N-dealkylation sites (N-methyl/N-ethyl adjacent to an activating group) is 1. The summed E-state index contributed by atoms with van der Waals surface area (Å²) in [5, 5.41) is 6.41. The van der Waals surface area contributed by atoms with Crippen molar-refractivity contribution >= 4 is 35.0 Å². The summed E-state index contributed by atoms with van der Waals surface area (Å²) in [6.07, 6.45) is 0. The number of carbonyl (C=O) groups excluding carboxylic acids is 2. The summed E-state index contributed by atoms with van der Waals surface area (Å²) in [5.41, 5.74) is 0.320. The smallest absolute Gasteiger partial charge is 0.256 e. The fourth-order valence-electron chi connectivity index (χ4n) is 2.30. The van der Waals surface area contributed by atoms with Gasteiger partial charge in [0.25, 0.3) is 5.91 Å². The number of halogens is 2. The highest BCUT2D eigenvalue weighted by Gasteiger charge is 2.33. The Bertz CT molecular complexity index is 551. The second kappa shape index (κ2) is 7.11. The molecule has 0 aromatic heterocycles. The molecule has 1 unspecified atom stereocenters. The zero-order valence-electron chi connectivity index (χ0n) is 11.7. The van der Waals surface area contributed by atoms with Gasteiger partial charge < -0.3 is 15.5 Å². The molecule has 1 aromatic carbocycles. The molecule has 1 aromatic rings. The maximum absolute atomic E-state index is 12.7. The fourth-order valence-corrected chi connectivity index (χ4v) is 2.68. The van der Waals surface area contributed by atoms with E-state index in [2.05, 4.69) is 10.6 Å². The molecule has 7 heteroatoms. The number of rotatable bonds is 3. The SMILES string of the molecule is CCNC(=O)C1CNCCN1C(=O)c1cccc(Cl)c1Cl. The lowest BCUT2D eigenvalue weighted by Gasteiger charge is -2.35. The molecule has 1 aliphatic heterocycles. The first-order valence-electron chi connectivity index (χ1n) is 6.79. The van der Waals surface area contributed by atoms with Crippen molar-refractivity contribution in [2.75, 3.05) is 26.2 Å². The van der Waals surface area contributed by atoms with Crippen molar-refractivity contribution in [1.29, 1.82) is 0 Å². The third kappa shape index (κ3) is 3.48. The van der Waals surface area contributed by atoms with E-state index in [1.165, 1.54) is 0 Å². The Morgan fingerprint density at radius 1 is 1.43 bits per heavy atom. The highest BCUT2D eigenvalue weighted by Crippen LogP contribution is 2.27. The lowest BCUT2D eigenvalue weighted by atomic mass is 10.1. The Morgan fingerprint density at radius 2 is 2.19 bits per heavy atom. The van der Waals surface area contributed by atoms with Gasteiger partial charge in [-0.1, -0.05) is 29.3 Å². The van der Waals surface area contributed by atoms with E-state index in [-0.39, 0.29) is 16.8 Å². The number of piperazine rings is 1. The molecule has 114 valence electrons. The monoisotopic (exact) mass is 329 g/mol. The van der Waals surface area contributed by atoms with Crippen LogP contribution in [-0.4, -0.2) is 48.9 Å². The van der Waals surface area contributed by atoms with Crippen molar-refractivity contribution in [2.24, 2.45) is 0 Å². The second-order valence-electron chi connectivity index (χ2n) is 4.71. The molecule has 0 bridgehead atoms.